The van der Waals surface area contributed by atoms with Crippen LogP contribution < -0.4 is 16.4 Å². The van der Waals surface area contributed by atoms with Crippen LogP contribution in [0.25, 0.3) is 11.2 Å². The maximum atomic E-state index is 11.9. The molecule has 0 saturated carbocycles. The van der Waals surface area contributed by atoms with E-state index < -0.39 is 30.4 Å². The smallest absolute Gasteiger partial charge is 0.250 e. The Morgan fingerprint density at radius 1 is 1.38 bits per heavy atom. The lowest BCUT2D eigenvalue weighted by Gasteiger charge is -2.16. The zero-order valence-electron chi connectivity index (χ0n) is 15.8. The molecule has 3 aromatic heterocycles. The number of aliphatic hydroxyl groups is 1. The quantitative estimate of drug-likeness (QED) is 0.418. The van der Waals surface area contributed by atoms with Crippen molar-refractivity contribution in [3.8, 4) is 0 Å². The summed E-state index contributed by atoms with van der Waals surface area (Å²) in [7, 11) is 1.49. The molecule has 0 radical (unpaired) electrons. The van der Waals surface area contributed by atoms with Crippen LogP contribution in [-0.4, -0.2) is 67.4 Å². The van der Waals surface area contributed by atoms with Gasteiger partial charge >= 0.3 is 0 Å². The van der Waals surface area contributed by atoms with E-state index in [0.29, 0.717) is 23.5 Å². The van der Waals surface area contributed by atoms with E-state index in [1.807, 2.05) is 18.3 Å². The second-order valence-electron chi connectivity index (χ2n) is 6.71. The highest BCUT2D eigenvalue weighted by Crippen LogP contribution is 2.31. The number of hydrogen-bond acceptors (Lipinski definition) is 9. The van der Waals surface area contributed by atoms with Crippen molar-refractivity contribution in [3.05, 3.63) is 42.7 Å². The third kappa shape index (κ3) is 3.62. The van der Waals surface area contributed by atoms with Crippen LogP contribution in [0.15, 0.2) is 37.2 Å². The molecule has 4 heterocycles. The second kappa shape index (κ2) is 8.07. The highest BCUT2D eigenvalue weighted by Gasteiger charge is 2.46. The molecule has 3 aromatic rings. The van der Waals surface area contributed by atoms with E-state index in [0.717, 1.165) is 12.0 Å². The Morgan fingerprint density at radius 3 is 3.00 bits per heavy atom. The van der Waals surface area contributed by atoms with Gasteiger partial charge in [-0.05, 0) is 18.1 Å². The van der Waals surface area contributed by atoms with Crippen molar-refractivity contribution in [2.75, 3.05) is 18.9 Å². The summed E-state index contributed by atoms with van der Waals surface area (Å²) in [6, 6.07) is 3.03. The van der Waals surface area contributed by atoms with E-state index in [9.17, 15) is 9.90 Å². The van der Waals surface area contributed by atoms with E-state index >= 15 is 0 Å². The summed E-state index contributed by atoms with van der Waals surface area (Å²) in [5, 5.41) is 16.2. The van der Waals surface area contributed by atoms with Gasteiger partial charge in [-0.15, -0.1) is 0 Å². The summed E-state index contributed by atoms with van der Waals surface area (Å²) in [6.45, 7) is 0.636. The molecule has 1 amide bonds. The number of nitrogens with two attached hydrogens (primary N) is 1. The third-order valence-electron chi connectivity index (χ3n) is 4.89. The van der Waals surface area contributed by atoms with Gasteiger partial charge in [-0.25, -0.2) is 15.0 Å². The van der Waals surface area contributed by atoms with Crippen molar-refractivity contribution < 1.29 is 14.6 Å². The molecule has 1 aliphatic heterocycles. The molecule has 11 heteroatoms. The molecule has 1 fully saturated rings. The Bertz CT molecular complexity index is 995. The number of imidazole rings is 1. The summed E-state index contributed by atoms with van der Waals surface area (Å²) in [5.41, 5.74) is 8.08. The number of fused-ring (bicyclic) bond motifs is 1. The molecule has 1 saturated heterocycles. The Balaban J connectivity index is 1.54. The average Bonchev–Trinajstić information content (AvgIpc) is 3.30. The first-order valence-corrected chi connectivity index (χ1v) is 9.21. The lowest BCUT2D eigenvalue weighted by molar-refractivity contribution is -0.134. The first kappa shape index (κ1) is 19.2. The minimum atomic E-state index is -1.09. The van der Waals surface area contributed by atoms with Crippen LogP contribution in [0.4, 0.5) is 5.82 Å². The van der Waals surface area contributed by atoms with E-state index in [1.165, 1.54) is 19.7 Å². The van der Waals surface area contributed by atoms with Gasteiger partial charge in [-0.3, -0.25) is 14.3 Å². The number of hydrogen-bond donors (Lipinski definition) is 4. The number of carbonyl (C=O) groups excluding carboxylic acids is 1. The SMILES string of the molecule is CNC(=O)[C@H]1O[C@@H](n2cnc3c(NCCc4cccnc4)ncnc32)[C@H](O)[C@@H]1N. The molecule has 0 aromatic carbocycles. The number of pyridine rings is 1. The third-order valence-corrected chi connectivity index (χ3v) is 4.89. The molecule has 29 heavy (non-hydrogen) atoms. The van der Waals surface area contributed by atoms with Gasteiger partial charge in [0.25, 0.3) is 5.91 Å². The number of carbonyl (C=O) groups is 1. The Hall–Kier alpha value is -3.15. The van der Waals surface area contributed by atoms with Crippen LogP contribution in [0.5, 0.6) is 0 Å². The highest BCUT2D eigenvalue weighted by atomic mass is 16.5. The number of anilines is 1. The molecule has 0 unspecified atom stereocenters. The maximum absolute atomic E-state index is 11.9. The molecule has 4 atom stereocenters. The molecule has 1 aliphatic rings. The Labute approximate surface area is 166 Å². The number of amides is 1. The minimum absolute atomic E-state index is 0.393. The lowest BCUT2D eigenvalue weighted by atomic mass is 10.1. The molecule has 5 N–H and O–H groups in total. The van der Waals surface area contributed by atoms with Gasteiger partial charge in [0.1, 0.15) is 12.4 Å². The summed E-state index contributed by atoms with van der Waals surface area (Å²) >= 11 is 0. The number of likely N-dealkylation sites (N-methyl/N-ethyl adjacent to an activating group) is 1. The minimum Gasteiger partial charge on any atom is -0.387 e. The zero-order valence-corrected chi connectivity index (χ0v) is 15.8. The molecule has 4 rings (SSSR count). The first-order chi connectivity index (χ1) is 14.1. The molecule has 0 bridgehead atoms. The van der Waals surface area contributed by atoms with E-state index in [4.69, 9.17) is 10.5 Å². The Kier molecular flexibility index (Phi) is 5.34. The average molecular weight is 398 g/mol. The number of nitrogens with zero attached hydrogens (tertiary/aromatic N) is 5. The monoisotopic (exact) mass is 398 g/mol. The van der Waals surface area contributed by atoms with Crippen molar-refractivity contribution >= 4 is 22.9 Å². The van der Waals surface area contributed by atoms with Gasteiger partial charge in [-0.2, -0.15) is 0 Å². The van der Waals surface area contributed by atoms with Crippen molar-refractivity contribution in [1.82, 2.24) is 29.8 Å². The van der Waals surface area contributed by atoms with Crippen LogP contribution >= 0.6 is 0 Å². The van der Waals surface area contributed by atoms with Crippen LogP contribution in [0.2, 0.25) is 0 Å². The second-order valence-corrected chi connectivity index (χ2v) is 6.71. The number of nitrogens with one attached hydrogen (secondary N) is 2. The number of ether oxygens (including phenoxy) is 1. The van der Waals surface area contributed by atoms with Gasteiger partial charge in [0.05, 0.1) is 12.4 Å². The summed E-state index contributed by atoms with van der Waals surface area (Å²) in [6.07, 6.45) is 4.29. The fraction of sp³-hybridized carbons (Fsp3) is 0.389. The van der Waals surface area contributed by atoms with Gasteiger partial charge in [0.15, 0.2) is 29.3 Å². The molecular weight excluding hydrogens is 376 g/mol. The first-order valence-electron chi connectivity index (χ1n) is 9.21. The van der Waals surface area contributed by atoms with Crippen LogP contribution in [0, 0.1) is 0 Å². The van der Waals surface area contributed by atoms with E-state index in [-0.39, 0.29) is 0 Å². The molecule has 0 spiro atoms. The largest absolute Gasteiger partial charge is 0.387 e. The summed E-state index contributed by atoms with van der Waals surface area (Å²) in [5.74, 6) is 0.174. The predicted octanol–water partition coefficient (Wildman–Crippen LogP) is -0.792. The fourth-order valence-electron chi connectivity index (χ4n) is 3.34. The molecular formula is C18H22N8O3. The van der Waals surface area contributed by atoms with Gasteiger partial charge in [0, 0.05) is 26.0 Å². The van der Waals surface area contributed by atoms with Crippen molar-refractivity contribution in [1.29, 1.82) is 0 Å². The van der Waals surface area contributed by atoms with Crippen LogP contribution in [0.3, 0.4) is 0 Å². The number of rotatable bonds is 6. The van der Waals surface area contributed by atoms with E-state index in [1.54, 1.807) is 10.8 Å². The Morgan fingerprint density at radius 2 is 2.24 bits per heavy atom. The highest BCUT2D eigenvalue weighted by molar-refractivity contribution is 5.83. The standard InChI is InChI=1S/C18H22N8O3/c1-20-17(28)14-11(19)13(27)18(29-14)26-9-25-12-15(23-8-24-16(12)26)22-6-4-10-3-2-5-21-7-10/h2-3,5,7-9,11,13-14,18,27H,4,6,19H2,1H3,(H,20,28)(H,22,23,24)/t11-,13+,14-,18+/m0/s1. The van der Waals surface area contributed by atoms with Gasteiger partial charge in [0.2, 0.25) is 0 Å². The summed E-state index contributed by atoms with van der Waals surface area (Å²) in [4.78, 5) is 28.9. The summed E-state index contributed by atoms with van der Waals surface area (Å²) < 4.78 is 7.28. The normalized spacial score (nSPS) is 24.0. The number of aliphatic hydroxyl groups excluding tert-OH is 1. The molecule has 152 valence electrons. The van der Waals surface area contributed by atoms with Crippen molar-refractivity contribution in [2.45, 2.75) is 30.9 Å². The molecule has 0 aliphatic carbocycles. The van der Waals surface area contributed by atoms with Gasteiger partial charge < -0.3 is 26.2 Å². The number of aromatic nitrogens is 5. The van der Waals surface area contributed by atoms with E-state index in [2.05, 4.69) is 30.6 Å². The van der Waals surface area contributed by atoms with Crippen LogP contribution in [0.1, 0.15) is 11.8 Å². The van der Waals surface area contributed by atoms with Crippen LogP contribution in [-0.2, 0) is 16.0 Å². The predicted molar refractivity (Wildman–Crippen MR) is 104 cm³/mol. The lowest BCUT2D eigenvalue weighted by Crippen LogP contribution is -2.46. The zero-order chi connectivity index (χ0) is 20.4. The topological polar surface area (TPSA) is 153 Å². The van der Waals surface area contributed by atoms with Crippen molar-refractivity contribution in [3.63, 3.8) is 0 Å². The maximum Gasteiger partial charge on any atom is 0.250 e. The molecule has 11 nitrogen and oxygen atoms in total. The van der Waals surface area contributed by atoms with Crippen molar-refractivity contribution in [2.24, 2.45) is 5.73 Å². The van der Waals surface area contributed by atoms with Gasteiger partial charge in [-0.1, -0.05) is 6.07 Å². The fourth-order valence-corrected chi connectivity index (χ4v) is 3.34.